The van der Waals surface area contributed by atoms with Crippen LogP contribution in [0.25, 0.3) is 0 Å². The molecular formula is C15H16ClN3O3. The number of rotatable bonds is 4. The lowest BCUT2D eigenvalue weighted by molar-refractivity contribution is -0.384. The fourth-order valence-electron chi connectivity index (χ4n) is 1.79. The van der Waals surface area contributed by atoms with Crippen molar-refractivity contribution in [1.29, 1.82) is 0 Å². The number of nitro benzene ring substituents is 1. The van der Waals surface area contributed by atoms with Crippen LogP contribution >= 0.6 is 11.6 Å². The lowest BCUT2D eigenvalue weighted by atomic mass is 10.1. The highest BCUT2D eigenvalue weighted by Gasteiger charge is 2.19. The summed E-state index contributed by atoms with van der Waals surface area (Å²) in [6.45, 7) is 5.76. The number of halogens is 1. The standard InChI is InChI=1S/C15H16ClN3O3/c1-15(2,3)18-12-8-11(5-6-13(12)19(20)21)22-14-7-4-10(16)9-17-14/h4-9,18H,1-3H3. The highest BCUT2D eigenvalue weighted by molar-refractivity contribution is 6.30. The molecule has 0 atom stereocenters. The third-order valence-corrected chi connectivity index (χ3v) is 2.82. The summed E-state index contributed by atoms with van der Waals surface area (Å²) in [6, 6.07) is 7.80. The summed E-state index contributed by atoms with van der Waals surface area (Å²) in [5, 5.41) is 14.7. The first-order valence-corrected chi connectivity index (χ1v) is 6.98. The minimum absolute atomic E-state index is 0.00802. The van der Waals surface area contributed by atoms with Crippen LogP contribution in [0.15, 0.2) is 36.5 Å². The average molecular weight is 322 g/mol. The van der Waals surface area contributed by atoms with E-state index in [1.54, 1.807) is 18.2 Å². The number of nitrogens with one attached hydrogen (secondary N) is 1. The van der Waals surface area contributed by atoms with E-state index in [-0.39, 0.29) is 11.2 Å². The summed E-state index contributed by atoms with van der Waals surface area (Å²) in [7, 11) is 0. The van der Waals surface area contributed by atoms with Gasteiger partial charge in [-0.3, -0.25) is 10.1 Å². The first-order chi connectivity index (χ1) is 10.2. The van der Waals surface area contributed by atoms with Crippen LogP contribution in [0.2, 0.25) is 5.02 Å². The molecule has 22 heavy (non-hydrogen) atoms. The number of benzene rings is 1. The van der Waals surface area contributed by atoms with Gasteiger partial charge >= 0.3 is 0 Å². The van der Waals surface area contributed by atoms with Gasteiger partial charge < -0.3 is 10.1 Å². The molecule has 0 radical (unpaired) electrons. The number of nitro groups is 1. The zero-order valence-corrected chi connectivity index (χ0v) is 13.2. The summed E-state index contributed by atoms with van der Waals surface area (Å²) < 4.78 is 5.59. The second-order valence-corrected chi connectivity index (χ2v) is 6.16. The van der Waals surface area contributed by atoms with Gasteiger partial charge in [0.2, 0.25) is 5.88 Å². The molecular weight excluding hydrogens is 306 g/mol. The van der Waals surface area contributed by atoms with Gasteiger partial charge in [0.05, 0.1) is 9.95 Å². The van der Waals surface area contributed by atoms with E-state index >= 15 is 0 Å². The van der Waals surface area contributed by atoms with E-state index in [0.29, 0.717) is 22.3 Å². The van der Waals surface area contributed by atoms with E-state index in [1.807, 2.05) is 20.8 Å². The quantitative estimate of drug-likeness (QED) is 0.655. The molecule has 0 aliphatic carbocycles. The van der Waals surface area contributed by atoms with Gasteiger partial charge in [-0.1, -0.05) is 11.6 Å². The van der Waals surface area contributed by atoms with E-state index < -0.39 is 4.92 Å². The van der Waals surface area contributed by atoms with Gasteiger partial charge in [0, 0.05) is 29.9 Å². The predicted octanol–water partition coefficient (Wildman–Crippen LogP) is 4.65. The Labute approximate surface area is 133 Å². The van der Waals surface area contributed by atoms with Crippen molar-refractivity contribution < 1.29 is 9.66 Å². The molecule has 0 bridgehead atoms. The van der Waals surface area contributed by atoms with Crippen molar-refractivity contribution in [3.05, 3.63) is 51.7 Å². The largest absolute Gasteiger partial charge is 0.439 e. The molecule has 2 aromatic rings. The maximum Gasteiger partial charge on any atom is 0.292 e. The first-order valence-electron chi connectivity index (χ1n) is 6.61. The summed E-state index contributed by atoms with van der Waals surface area (Å²) in [6.07, 6.45) is 1.47. The van der Waals surface area contributed by atoms with Crippen LogP contribution < -0.4 is 10.1 Å². The molecule has 0 aliphatic heterocycles. The second-order valence-electron chi connectivity index (χ2n) is 5.73. The zero-order valence-electron chi connectivity index (χ0n) is 12.5. The number of aromatic nitrogens is 1. The van der Waals surface area contributed by atoms with E-state index in [1.165, 1.54) is 18.3 Å². The van der Waals surface area contributed by atoms with Crippen LogP contribution in [0.4, 0.5) is 11.4 Å². The lowest BCUT2D eigenvalue weighted by Crippen LogP contribution is -2.26. The predicted molar refractivity (Wildman–Crippen MR) is 85.8 cm³/mol. The van der Waals surface area contributed by atoms with Gasteiger partial charge in [0.25, 0.3) is 5.69 Å². The summed E-state index contributed by atoms with van der Waals surface area (Å²) >= 11 is 5.77. The van der Waals surface area contributed by atoms with Crippen molar-refractivity contribution in [1.82, 2.24) is 4.98 Å². The smallest absolute Gasteiger partial charge is 0.292 e. The van der Waals surface area contributed by atoms with E-state index in [0.717, 1.165) is 0 Å². The Morgan fingerprint density at radius 2 is 2.00 bits per heavy atom. The SMILES string of the molecule is CC(C)(C)Nc1cc(Oc2ccc(Cl)cn2)ccc1[N+](=O)[O-]. The minimum atomic E-state index is -0.432. The van der Waals surface area contributed by atoms with Gasteiger partial charge in [0.15, 0.2) is 0 Å². The number of ether oxygens (including phenoxy) is 1. The molecule has 6 nitrogen and oxygen atoms in total. The Morgan fingerprint density at radius 1 is 1.27 bits per heavy atom. The zero-order chi connectivity index (χ0) is 16.3. The third kappa shape index (κ3) is 4.33. The van der Waals surface area contributed by atoms with Crippen LogP contribution in [0.1, 0.15) is 20.8 Å². The topological polar surface area (TPSA) is 77.3 Å². The number of nitrogens with zero attached hydrogens (tertiary/aromatic N) is 2. The van der Waals surface area contributed by atoms with E-state index in [9.17, 15) is 10.1 Å². The Hall–Kier alpha value is -2.34. The molecule has 7 heteroatoms. The number of hydrogen-bond acceptors (Lipinski definition) is 5. The van der Waals surface area contributed by atoms with Crippen molar-refractivity contribution in [2.45, 2.75) is 26.3 Å². The van der Waals surface area contributed by atoms with Crippen LogP contribution in [-0.4, -0.2) is 15.4 Å². The summed E-state index contributed by atoms with van der Waals surface area (Å²) in [5.74, 6) is 0.812. The Morgan fingerprint density at radius 3 is 2.55 bits per heavy atom. The van der Waals surface area contributed by atoms with Crippen LogP contribution in [0, 0.1) is 10.1 Å². The molecule has 0 amide bonds. The molecule has 0 spiro atoms. The summed E-state index contributed by atoms with van der Waals surface area (Å²) in [4.78, 5) is 14.7. The molecule has 1 aromatic carbocycles. The van der Waals surface area contributed by atoms with E-state index in [2.05, 4.69) is 10.3 Å². The molecule has 2 rings (SSSR count). The van der Waals surface area contributed by atoms with Gasteiger partial charge in [-0.05, 0) is 32.9 Å². The van der Waals surface area contributed by atoms with Gasteiger partial charge in [0.1, 0.15) is 11.4 Å². The maximum atomic E-state index is 11.1. The fourth-order valence-corrected chi connectivity index (χ4v) is 1.90. The van der Waals surface area contributed by atoms with Crippen LogP contribution in [0.5, 0.6) is 11.6 Å². The van der Waals surface area contributed by atoms with Crippen LogP contribution in [-0.2, 0) is 0 Å². The molecule has 116 valence electrons. The first kappa shape index (κ1) is 16.0. The molecule has 0 unspecified atom stereocenters. The third-order valence-electron chi connectivity index (χ3n) is 2.60. The number of pyridine rings is 1. The van der Waals surface area contributed by atoms with E-state index in [4.69, 9.17) is 16.3 Å². The molecule has 0 aliphatic rings. The monoisotopic (exact) mass is 321 g/mol. The molecule has 0 saturated heterocycles. The Kier molecular flexibility index (Phi) is 4.51. The van der Waals surface area contributed by atoms with Crippen molar-refractivity contribution >= 4 is 23.0 Å². The van der Waals surface area contributed by atoms with Gasteiger partial charge in [-0.15, -0.1) is 0 Å². The lowest BCUT2D eigenvalue weighted by Gasteiger charge is -2.22. The maximum absolute atomic E-state index is 11.1. The Bertz CT molecular complexity index is 681. The molecule has 0 fully saturated rings. The van der Waals surface area contributed by atoms with Gasteiger partial charge in [-0.2, -0.15) is 0 Å². The second kappa shape index (κ2) is 6.19. The van der Waals surface area contributed by atoms with Crippen molar-refractivity contribution in [2.24, 2.45) is 0 Å². The van der Waals surface area contributed by atoms with Crippen molar-refractivity contribution in [3.8, 4) is 11.6 Å². The summed E-state index contributed by atoms with van der Waals surface area (Å²) in [5.41, 5.74) is 0.0670. The highest BCUT2D eigenvalue weighted by Crippen LogP contribution is 2.32. The Balaban J connectivity index is 2.31. The molecule has 1 N–H and O–H groups in total. The molecule has 1 heterocycles. The highest BCUT2D eigenvalue weighted by atomic mass is 35.5. The minimum Gasteiger partial charge on any atom is -0.439 e. The molecule has 0 saturated carbocycles. The number of hydrogen-bond donors (Lipinski definition) is 1. The fraction of sp³-hybridized carbons (Fsp3) is 0.267. The van der Waals surface area contributed by atoms with Crippen LogP contribution in [0.3, 0.4) is 0 Å². The van der Waals surface area contributed by atoms with Crippen molar-refractivity contribution in [3.63, 3.8) is 0 Å². The normalized spacial score (nSPS) is 11.1. The number of anilines is 1. The van der Waals surface area contributed by atoms with Crippen molar-refractivity contribution in [2.75, 3.05) is 5.32 Å². The molecule has 1 aromatic heterocycles. The average Bonchev–Trinajstić information content (AvgIpc) is 2.39. The van der Waals surface area contributed by atoms with Gasteiger partial charge in [-0.25, -0.2) is 4.98 Å².